The maximum atomic E-state index is 11.9. The lowest BCUT2D eigenvalue weighted by Crippen LogP contribution is -2.36. The Bertz CT molecular complexity index is 530. The van der Waals surface area contributed by atoms with Gasteiger partial charge in [0, 0.05) is 24.7 Å². The number of carbonyl (C=O) groups excluding carboxylic acids is 1. The number of aromatic nitrogens is 1. The number of nitrogens with one attached hydrogen (secondary N) is 2. The molecule has 5 heteroatoms. The van der Waals surface area contributed by atoms with Crippen LogP contribution in [0.1, 0.15) is 49.8 Å². The first-order chi connectivity index (χ1) is 10.2. The second-order valence-corrected chi connectivity index (χ2v) is 5.54. The van der Waals surface area contributed by atoms with E-state index in [1.165, 1.54) is 19.3 Å². The summed E-state index contributed by atoms with van der Waals surface area (Å²) in [5.41, 5.74) is 1.36. The minimum Gasteiger partial charge on any atom is -0.368 e. The molecule has 0 spiro atoms. The Labute approximate surface area is 125 Å². The van der Waals surface area contributed by atoms with Gasteiger partial charge in [-0.1, -0.05) is 19.3 Å². The van der Waals surface area contributed by atoms with Crippen LogP contribution in [0.4, 0.5) is 5.82 Å². The van der Waals surface area contributed by atoms with Crippen molar-refractivity contribution >= 4 is 11.7 Å². The summed E-state index contributed by atoms with van der Waals surface area (Å²) in [6.45, 7) is 2.37. The molecule has 1 aromatic heterocycles. The highest BCUT2D eigenvalue weighted by Crippen LogP contribution is 2.17. The first-order valence-electron chi connectivity index (χ1n) is 7.60. The molecule has 0 aromatic carbocycles. The minimum atomic E-state index is 0.0700. The van der Waals surface area contributed by atoms with E-state index in [1.807, 2.05) is 6.92 Å². The van der Waals surface area contributed by atoms with Gasteiger partial charge in [0.15, 0.2) is 0 Å². The van der Waals surface area contributed by atoms with Gasteiger partial charge in [-0.25, -0.2) is 4.98 Å². The number of carbonyl (C=O) groups is 1. The van der Waals surface area contributed by atoms with Crippen LogP contribution in [0.3, 0.4) is 0 Å². The van der Waals surface area contributed by atoms with Crippen LogP contribution in [0.5, 0.6) is 0 Å². The number of hydrogen-bond donors (Lipinski definition) is 2. The van der Waals surface area contributed by atoms with Crippen LogP contribution in [-0.4, -0.2) is 23.5 Å². The van der Waals surface area contributed by atoms with Gasteiger partial charge in [-0.2, -0.15) is 5.26 Å². The maximum Gasteiger partial charge on any atom is 0.221 e. The number of amides is 1. The number of nitriles is 1. The summed E-state index contributed by atoms with van der Waals surface area (Å²) in [5, 5.41) is 15.2. The van der Waals surface area contributed by atoms with E-state index >= 15 is 0 Å². The molecule has 0 bridgehead atoms. The smallest absolute Gasteiger partial charge is 0.221 e. The van der Waals surface area contributed by atoms with E-state index in [9.17, 15) is 4.79 Å². The molecule has 2 N–H and O–H groups in total. The zero-order chi connectivity index (χ0) is 15.1. The summed E-state index contributed by atoms with van der Waals surface area (Å²) < 4.78 is 0. The van der Waals surface area contributed by atoms with Gasteiger partial charge in [0.05, 0.1) is 5.56 Å². The molecular weight excluding hydrogens is 264 g/mol. The molecule has 1 fully saturated rings. The standard InChI is InChI=1S/C16H22N4O/c1-12-7-8-13(11-17)16(19-12)18-10-9-15(21)20-14-5-3-2-4-6-14/h7-8,14H,2-6,9-10H2,1H3,(H,18,19)(H,20,21). The zero-order valence-corrected chi connectivity index (χ0v) is 12.5. The fourth-order valence-corrected chi connectivity index (χ4v) is 2.62. The molecule has 0 radical (unpaired) electrons. The van der Waals surface area contributed by atoms with Gasteiger partial charge in [0.2, 0.25) is 5.91 Å². The fraction of sp³-hybridized carbons (Fsp3) is 0.562. The zero-order valence-electron chi connectivity index (χ0n) is 12.5. The number of hydrogen-bond acceptors (Lipinski definition) is 4. The average molecular weight is 286 g/mol. The lowest BCUT2D eigenvalue weighted by Gasteiger charge is -2.22. The van der Waals surface area contributed by atoms with Crippen molar-refractivity contribution in [3.05, 3.63) is 23.4 Å². The van der Waals surface area contributed by atoms with E-state index in [0.717, 1.165) is 18.5 Å². The Morgan fingerprint density at radius 1 is 1.38 bits per heavy atom. The molecule has 1 heterocycles. The first kappa shape index (κ1) is 15.3. The third-order valence-corrected chi connectivity index (χ3v) is 3.77. The van der Waals surface area contributed by atoms with E-state index < -0.39 is 0 Å². The van der Waals surface area contributed by atoms with Crippen LogP contribution < -0.4 is 10.6 Å². The van der Waals surface area contributed by atoms with E-state index in [0.29, 0.717) is 30.4 Å². The van der Waals surface area contributed by atoms with Crippen molar-refractivity contribution in [2.45, 2.75) is 51.5 Å². The number of nitrogens with zero attached hydrogens (tertiary/aromatic N) is 2. The second-order valence-electron chi connectivity index (χ2n) is 5.54. The van der Waals surface area contributed by atoms with Crippen LogP contribution in [0.2, 0.25) is 0 Å². The average Bonchev–Trinajstić information content (AvgIpc) is 2.48. The fourth-order valence-electron chi connectivity index (χ4n) is 2.62. The highest BCUT2D eigenvalue weighted by Gasteiger charge is 2.15. The van der Waals surface area contributed by atoms with Crippen LogP contribution >= 0.6 is 0 Å². The van der Waals surface area contributed by atoms with Crippen molar-refractivity contribution in [3.63, 3.8) is 0 Å². The van der Waals surface area contributed by atoms with Gasteiger partial charge in [-0.3, -0.25) is 4.79 Å². The second kappa shape index (κ2) is 7.63. The molecule has 0 unspecified atom stereocenters. The van der Waals surface area contributed by atoms with Crippen LogP contribution in [0.15, 0.2) is 12.1 Å². The molecule has 2 rings (SSSR count). The normalized spacial score (nSPS) is 15.2. The molecule has 1 aromatic rings. The third kappa shape index (κ3) is 4.75. The molecule has 0 aliphatic heterocycles. The molecular formula is C16H22N4O. The summed E-state index contributed by atoms with van der Waals surface area (Å²) in [6, 6.07) is 5.99. The Morgan fingerprint density at radius 3 is 2.86 bits per heavy atom. The molecule has 21 heavy (non-hydrogen) atoms. The predicted molar refractivity (Wildman–Crippen MR) is 81.8 cm³/mol. The Balaban J connectivity index is 1.77. The van der Waals surface area contributed by atoms with Crippen molar-refractivity contribution < 1.29 is 4.79 Å². The Morgan fingerprint density at radius 2 is 2.14 bits per heavy atom. The molecule has 112 valence electrons. The van der Waals surface area contributed by atoms with Crippen molar-refractivity contribution in [2.75, 3.05) is 11.9 Å². The molecule has 1 saturated carbocycles. The Kier molecular flexibility index (Phi) is 5.56. The SMILES string of the molecule is Cc1ccc(C#N)c(NCCC(=O)NC2CCCCC2)n1. The molecule has 0 atom stereocenters. The summed E-state index contributed by atoms with van der Waals surface area (Å²) in [7, 11) is 0. The third-order valence-electron chi connectivity index (χ3n) is 3.77. The quantitative estimate of drug-likeness (QED) is 0.872. The number of rotatable bonds is 5. The van der Waals surface area contributed by atoms with Crippen molar-refractivity contribution in [1.82, 2.24) is 10.3 Å². The molecule has 1 amide bonds. The maximum absolute atomic E-state index is 11.9. The van der Waals surface area contributed by atoms with Gasteiger partial charge in [0.1, 0.15) is 11.9 Å². The Hall–Kier alpha value is -2.09. The van der Waals surface area contributed by atoms with Crippen LogP contribution in [0.25, 0.3) is 0 Å². The highest BCUT2D eigenvalue weighted by atomic mass is 16.1. The molecule has 5 nitrogen and oxygen atoms in total. The number of pyridine rings is 1. The monoisotopic (exact) mass is 286 g/mol. The first-order valence-corrected chi connectivity index (χ1v) is 7.60. The van der Waals surface area contributed by atoms with Gasteiger partial charge >= 0.3 is 0 Å². The molecule has 1 aliphatic rings. The highest BCUT2D eigenvalue weighted by molar-refractivity contribution is 5.76. The van der Waals surface area contributed by atoms with Crippen molar-refractivity contribution in [3.8, 4) is 6.07 Å². The van der Waals surface area contributed by atoms with E-state index in [2.05, 4.69) is 21.7 Å². The minimum absolute atomic E-state index is 0.0700. The van der Waals surface area contributed by atoms with E-state index in [-0.39, 0.29) is 5.91 Å². The number of anilines is 1. The van der Waals surface area contributed by atoms with Gasteiger partial charge in [-0.15, -0.1) is 0 Å². The van der Waals surface area contributed by atoms with Crippen LogP contribution in [-0.2, 0) is 4.79 Å². The topological polar surface area (TPSA) is 77.8 Å². The summed E-state index contributed by atoms with van der Waals surface area (Å²) in [6.07, 6.45) is 6.29. The van der Waals surface area contributed by atoms with Gasteiger partial charge in [0.25, 0.3) is 0 Å². The summed E-state index contributed by atoms with van der Waals surface area (Å²) in [5.74, 6) is 0.628. The summed E-state index contributed by atoms with van der Waals surface area (Å²) >= 11 is 0. The predicted octanol–water partition coefficient (Wildman–Crippen LogP) is 2.51. The van der Waals surface area contributed by atoms with E-state index in [4.69, 9.17) is 5.26 Å². The van der Waals surface area contributed by atoms with Crippen molar-refractivity contribution in [2.24, 2.45) is 0 Å². The van der Waals surface area contributed by atoms with E-state index in [1.54, 1.807) is 12.1 Å². The van der Waals surface area contributed by atoms with Gasteiger partial charge in [-0.05, 0) is 31.9 Å². The number of aryl methyl sites for hydroxylation is 1. The lowest BCUT2D eigenvalue weighted by molar-refractivity contribution is -0.121. The lowest BCUT2D eigenvalue weighted by atomic mass is 9.95. The largest absolute Gasteiger partial charge is 0.368 e. The van der Waals surface area contributed by atoms with Crippen molar-refractivity contribution in [1.29, 1.82) is 5.26 Å². The summed E-state index contributed by atoms with van der Waals surface area (Å²) in [4.78, 5) is 16.2. The molecule has 1 aliphatic carbocycles. The van der Waals surface area contributed by atoms with Crippen LogP contribution in [0, 0.1) is 18.3 Å². The van der Waals surface area contributed by atoms with Gasteiger partial charge < -0.3 is 10.6 Å². The molecule has 0 saturated heterocycles.